The molecule has 1 N–H and O–H groups in total. The normalized spacial score (nSPS) is 19.4. The standard InChI is InChI=1S/C21H26FN3O4/c1-23-12-5-4-8-24(10-12)18-16(22)9-14-17(20(18)28-2)25(13-6-7-13)11-15(19(14)26)21(27)29-3/h9,11-13,23H,4-8,10H2,1-3H3/t12-/m1/s1. The summed E-state index contributed by atoms with van der Waals surface area (Å²) in [6.07, 6.45) is 5.35. The highest BCUT2D eigenvalue weighted by molar-refractivity contribution is 5.97. The van der Waals surface area contributed by atoms with Gasteiger partial charge in [0, 0.05) is 31.4 Å². The molecule has 1 aliphatic carbocycles. The van der Waals surface area contributed by atoms with Crippen molar-refractivity contribution in [3.8, 4) is 5.75 Å². The molecule has 2 fully saturated rings. The maximum absolute atomic E-state index is 15.3. The molecule has 8 heteroatoms. The number of pyridine rings is 1. The van der Waals surface area contributed by atoms with Gasteiger partial charge < -0.3 is 24.3 Å². The first-order valence-corrected chi connectivity index (χ1v) is 9.96. The quantitative estimate of drug-likeness (QED) is 0.774. The molecule has 156 valence electrons. The first-order valence-electron chi connectivity index (χ1n) is 9.96. The zero-order valence-electron chi connectivity index (χ0n) is 17.0. The van der Waals surface area contributed by atoms with Gasteiger partial charge >= 0.3 is 5.97 Å². The second-order valence-corrected chi connectivity index (χ2v) is 7.71. The number of ether oxygens (including phenoxy) is 2. The summed E-state index contributed by atoms with van der Waals surface area (Å²) in [7, 11) is 4.63. The second-order valence-electron chi connectivity index (χ2n) is 7.71. The van der Waals surface area contributed by atoms with Crippen molar-refractivity contribution in [1.29, 1.82) is 0 Å². The maximum Gasteiger partial charge on any atom is 0.343 e. The van der Waals surface area contributed by atoms with E-state index in [9.17, 15) is 9.59 Å². The van der Waals surface area contributed by atoms with Gasteiger partial charge in [-0.15, -0.1) is 0 Å². The Kier molecular flexibility index (Phi) is 5.21. The molecule has 1 aliphatic heterocycles. The molecule has 1 aromatic heterocycles. The van der Waals surface area contributed by atoms with E-state index in [0.717, 1.165) is 25.7 Å². The Morgan fingerprint density at radius 3 is 2.66 bits per heavy atom. The van der Waals surface area contributed by atoms with Crippen molar-refractivity contribution >= 4 is 22.6 Å². The van der Waals surface area contributed by atoms with Crippen LogP contribution in [-0.2, 0) is 4.74 Å². The maximum atomic E-state index is 15.3. The molecule has 2 aromatic rings. The number of likely N-dealkylation sites (N-methyl/N-ethyl adjacent to an activating group) is 1. The smallest absolute Gasteiger partial charge is 0.343 e. The Morgan fingerprint density at radius 1 is 1.28 bits per heavy atom. The number of piperidine rings is 1. The molecule has 29 heavy (non-hydrogen) atoms. The zero-order valence-corrected chi connectivity index (χ0v) is 17.0. The third-order valence-electron chi connectivity index (χ3n) is 5.89. The zero-order chi connectivity index (χ0) is 20.7. The van der Waals surface area contributed by atoms with E-state index in [0.29, 0.717) is 30.0 Å². The number of hydrogen-bond donors (Lipinski definition) is 1. The number of aromatic nitrogens is 1. The number of carbonyl (C=O) groups excluding carboxylic acids is 1. The van der Waals surface area contributed by atoms with E-state index in [1.807, 2.05) is 16.5 Å². The van der Waals surface area contributed by atoms with Gasteiger partial charge in [-0.3, -0.25) is 4.79 Å². The van der Waals surface area contributed by atoms with Crippen molar-refractivity contribution in [1.82, 2.24) is 9.88 Å². The molecule has 0 spiro atoms. The molecule has 7 nitrogen and oxygen atoms in total. The van der Waals surface area contributed by atoms with Crippen LogP contribution in [0.5, 0.6) is 5.75 Å². The fraction of sp³-hybridized carbons (Fsp3) is 0.524. The van der Waals surface area contributed by atoms with Crippen LogP contribution in [0.25, 0.3) is 10.9 Å². The van der Waals surface area contributed by atoms with Crippen LogP contribution < -0.4 is 20.4 Å². The van der Waals surface area contributed by atoms with Crippen LogP contribution in [0, 0.1) is 5.82 Å². The van der Waals surface area contributed by atoms with E-state index in [1.165, 1.54) is 26.5 Å². The van der Waals surface area contributed by atoms with Crippen molar-refractivity contribution < 1.29 is 18.7 Å². The number of hydrogen-bond acceptors (Lipinski definition) is 6. The van der Waals surface area contributed by atoms with Crippen molar-refractivity contribution in [2.24, 2.45) is 0 Å². The number of methoxy groups -OCH3 is 2. The van der Waals surface area contributed by atoms with Gasteiger partial charge in [-0.05, 0) is 38.8 Å². The van der Waals surface area contributed by atoms with Crippen LogP contribution in [-0.4, -0.2) is 50.9 Å². The monoisotopic (exact) mass is 403 g/mol. The van der Waals surface area contributed by atoms with Crippen LogP contribution in [0.4, 0.5) is 10.1 Å². The molecule has 1 atom stereocenters. The Morgan fingerprint density at radius 2 is 2.03 bits per heavy atom. The highest BCUT2D eigenvalue weighted by Gasteiger charge is 2.32. The number of esters is 1. The predicted octanol–water partition coefficient (Wildman–Crippen LogP) is 2.46. The number of rotatable bonds is 5. The molecular formula is C21H26FN3O4. The molecule has 0 radical (unpaired) electrons. The first kappa shape index (κ1) is 19.7. The molecule has 4 rings (SSSR count). The van der Waals surface area contributed by atoms with E-state index >= 15 is 4.39 Å². The molecule has 0 amide bonds. The molecule has 2 heterocycles. The van der Waals surface area contributed by atoms with Crippen molar-refractivity contribution in [2.75, 3.05) is 39.3 Å². The van der Waals surface area contributed by atoms with Crippen molar-refractivity contribution in [3.63, 3.8) is 0 Å². The largest absolute Gasteiger partial charge is 0.492 e. The molecule has 0 unspecified atom stereocenters. The number of benzene rings is 1. The molecule has 1 saturated carbocycles. The van der Waals surface area contributed by atoms with E-state index in [1.54, 1.807) is 0 Å². The molecule has 1 aromatic carbocycles. The lowest BCUT2D eigenvalue weighted by Crippen LogP contribution is -2.45. The van der Waals surface area contributed by atoms with Gasteiger partial charge in [0.25, 0.3) is 0 Å². The highest BCUT2D eigenvalue weighted by atomic mass is 19.1. The number of nitrogens with one attached hydrogen (secondary N) is 1. The SMILES string of the molecule is CN[C@@H]1CCCN(c2c(F)cc3c(=O)c(C(=O)OC)cn(C4CC4)c3c2OC)C1. The van der Waals surface area contributed by atoms with Gasteiger partial charge in [-0.2, -0.15) is 0 Å². The minimum absolute atomic E-state index is 0.0886. The summed E-state index contributed by atoms with van der Waals surface area (Å²) in [6.45, 7) is 1.37. The minimum atomic E-state index is -0.720. The average Bonchev–Trinajstić information content (AvgIpc) is 3.58. The fourth-order valence-corrected chi connectivity index (χ4v) is 4.24. The Hall–Kier alpha value is -2.61. The van der Waals surface area contributed by atoms with Crippen molar-refractivity contribution in [3.05, 3.63) is 33.9 Å². The van der Waals surface area contributed by atoms with Gasteiger partial charge in [-0.25, -0.2) is 9.18 Å². The van der Waals surface area contributed by atoms with E-state index in [4.69, 9.17) is 9.47 Å². The number of carbonyl (C=O) groups is 1. The van der Waals surface area contributed by atoms with E-state index in [2.05, 4.69) is 5.32 Å². The van der Waals surface area contributed by atoms with Crippen molar-refractivity contribution in [2.45, 2.75) is 37.8 Å². The molecule has 0 bridgehead atoms. The Balaban J connectivity index is 1.98. The Bertz CT molecular complexity index is 1020. The van der Waals surface area contributed by atoms with Gasteiger partial charge in [0.15, 0.2) is 11.6 Å². The second kappa shape index (κ2) is 7.67. The predicted molar refractivity (Wildman–Crippen MR) is 109 cm³/mol. The molecule has 1 saturated heterocycles. The van der Waals surface area contributed by atoms with Gasteiger partial charge in [0.1, 0.15) is 11.3 Å². The van der Waals surface area contributed by atoms with Gasteiger partial charge in [0.2, 0.25) is 5.43 Å². The van der Waals surface area contributed by atoms with Crippen LogP contribution in [0.15, 0.2) is 17.1 Å². The number of halogens is 1. The summed E-state index contributed by atoms with van der Waals surface area (Å²) in [4.78, 5) is 27.1. The average molecular weight is 403 g/mol. The molecular weight excluding hydrogens is 377 g/mol. The summed E-state index contributed by atoms with van der Waals surface area (Å²) < 4.78 is 27.6. The van der Waals surface area contributed by atoms with Crippen LogP contribution >= 0.6 is 0 Å². The van der Waals surface area contributed by atoms with Crippen LogP contribution in [0.2, 0.25) is 0 Å². The third kappa shape index (κ3) is 3.35. The summed E-state index contributed by atoms with van der Waals surface area (Å²) in [6, 6.07) is 1.65. The topological polar surface area (TPSA) is 72.8 Å². The summed E-state index contributed by atoms with van der Waals surface area (Å²) in [5.74, 6) is -0.896. The lowest BCUT2D eigenvalue weighted by Gasteiger charge is -2.35. The highest BCUT2D eigenvalue weighted by Crippen LogP contribution is 2.44. The minimum Gasteiger partial charge on any atom is -0.492 e. The first-order chi connectivity index (χ1) is 14.0. The lowest BCUT2D eigenvalue weighted by atomic mass is 10.0. The molecule has 2 aliphatic rings. The van der Waals surface area contributed by atoms with Gasteiger partial charge in [0.05, 0.1) is 25.1 Å². The summed E-state index contributed by atoms with van der Waals surface area (Å²) >= 11 is 0. The summed E-state index contributed by atoms with van der Waals surface area (Å²) in [5.41, 5.74) is 0.281. The third-order valence-corrected chi connectivity index (χ3v) is 5.89. The fourth-order valence-electron chi connectivity index (χ4n) is 4.24. The Labute approximate surface area is 168 Å². The van der Waals surface area contributed by atoms with Crippen LogP contribution in [0.3, 0.4) is 0 Å². The van der Waals surface area contributed by atoms with Crippen LogP contribution in [0.1, 0.15) is 42.1 Å². The van der Waals surface area contributed by atoms with Gasteiger partial charge in [-0.1, -0.05) is 0 Å². The lowest BCUT2D eigenvalue weighted by molar-refractivity contribution is 0.0598. The number of anilines is 1. The summed E-state index contributed by atoms with van der Waals surface area (Å²) in [5, 5.41) is 3.40. The van der Waals surface area contributed by atoms with E-state index < -0.39 is 17.2 Å². The number of nitrogens with zero attached hydrogens (tertiary/aromatic N) is 2. The number of fused-ring (bicyclic) bond motifs is 1. The van der Waals surface area contributed by atoms with E-state index in [-0.39, 0.29) is 23.0 Å².